The van der Waals surface area contributed by atoms with Gasteiger partial charge in [-0.2, -0.15) is 0 Å². The Kier molecular flexibility index (Phi) is 5.66. The van der Waals surface area contributed by atoms with E-state index in [1.54, 1.807) is 17.0 Å². The van der Waals surface area contributed by atoms with Crippen LogP contribution in [0.5, 0.6) is 0 Å². The van der Waals surface area contributed by atoms with Crippen molar-refractivity contribution in [1.82, 2.24) is 9.80 Å². The second-order valence-corrected chi connectivity index (χ2v) is 6.67. The van der Waals surface area contributed by atoms with Crippen LogP contribution in [0.2, 0.25) is 0 Å². The quantitative estimate of drug-likeness (QED) is 0.847. The third-order valence-electron chi connectivity index (χ3n) is 4.76. The van der Waals surface area contributed by atoms with Gasteiger partial charge in [0.25, 0.3) is 5.91 Å². The minimum Gasteiger partial charge on any atom is -0.339 e. The van der Waals surface area contributed by atoms with Crippen LogP contribution in [-0.4, -0.2) is 47.8 Å². The molecule has 1 saturated heterocycles. The zero-order valence-electron chi connectivity index (χ0n) is 15.0. The van der Waals surface area contributed by atoms with Crippen molar-refractivity contribution in [2.45, 2.75) is 19.8 Å². The molecule has 0 aromatic heterocycles. The van der Waals surface area contributed by atoms with E-state index in [1.165, 1.54) is 12.1 Å². The lowest BCUT2D eigenvalue weighted by molar-refractivity contribution is -0.132. The summed E-state index contributed by atoms with van der Waals surface area (Å²) in [6.45, 7) is 4.20. The van der Waals surface area contributed by atoms with Gasteiger partial charge in [-0.25, -0.2) is 4.39 Å². The highest BCUT2D eigenvalue weighted by Crippen LogP contribution is 2.12. The van der Waals surface area contributed by atoms with Crippen molar-refractivity contribution in [2.24, 2.45) is 0 Å². The average molecular weight is 354 g/mol. The number of benzene rings is 2. The third kappa shape index (κ3) is 4.48. The van der Waals surface area contributed by atoms with Gasteiger partial charge in [0, 0.05) is 38.2 Å². The van der Waals surface area contributed by atoms with Gasteiger partial charge in [0.1, 0.15) is 5.82 Å². The van der Waals surface area contributed by atoms with Crippen LogP contribution >= 0.6 is 0 Å². The minimum absolute atomic E-state index is 0.0170. The molecule has 0 saturated carbocycles. The average Bonchev–Trinajstić information content (AvgIpc) is 2.67. The maximum atomic E-state index is 12.9. The molecule has 0 atom stereocenters. The van der Waals surface area contributed by atoms with Crippen molar-refractivity contribution in [1.29, 1.82) is 0 Å². The van der Waals surface area contributed by atoms with Gasteiger partial charge in [0.2, 0.25) is 5.91 Å². The fraction of sp³-hybridized carbons (Fsp3) is 0.333. The molecule has 0 unspecified atom stereocenters. The molecule has 5 heteroatoms. The maximum Gasteiger partial charge on any atom is 0.253 e. The van der Waals surface area contributed by atoms with E-state index < -0.39 is 0 Å². The summed E-state index contributed by atoms with van der Waals surface area (Å²) in [5.74, 6) is -0.172. The first-order valence-electron chi connectivity index (χ1n) is 8.91. The number of carbonyl (C=O) groups excluding carboxylic acids is 2. The van der Waals surface area contributed by atoms with Crippen LogP contribution < -0.4 is 0 Å². The maximum absolute atomic E-state index is 12.9. The van der Waals surface area contributed by atoms with E-state index in [4.69, 9.17) is 0 Å². The highest BCUT2D eigenvalue weighted by molar-refractivity contribution is 5.94. The molecule has 136 valence electrons. The van der Waals surface area contributed by atoms with Crippen molar-refractivity contribution in [3.05, 3.63) is 71.0 Å². The van der Waals surface area contributed by atoms with Crippen molar-refractivity contribution in [3.63, 3.8) is 0 Å². The number of amides is 2. The lowest BCUT2D eigenvalue weighted by atomic mass is 10.1. The lowest BCUT2D eigenvalue weighted by Gasteiger charge is -2.35. The predicted octanol–water partition coefficient (Wildman–Crippen LogP) is 3.05. The topological polar surface area (TPSA) is 40.6 Å². The van der Waals surface area contributed by atoms with Crippen molar-refractivity contribution < 1.29 is 14.0 Å². The van der Waals surface area contributed by atoms with Crippen LogP contribution in [-0.2, 0) is 11.2 Å². The fourth-order valence-electron chi connectivity index (χ4n) is 3.10. The van der Waals surface area contributed by atoms with Gasteiger partial charge < -0.3 is 9.80 Å². The van der Waals surface area contributed by atoms with Gasteiger partial charge in [-0.3, -0.25) is 9.59 Å². The van der Waals surface area contributed by atoms with Crippen LogP contribution in [0, 0.1) is 12.7 Å². The largest absolute Gasteiger partial charge is 0.339 e. The zero-order chi connectivity index (χ0) is 18.5. The van der Waals surface area contributed by atoms with Crippen LogP contribution in [0.1, 0.15) is 27.9 Å². The molecule has 26 heavy (non-hydrogen) atoms. The molecule has 0 spiro atoms. The number of halogens is 1. The second kappa shape index (κ2) is 8.13. The summed E-state index contributed by atoms with van der Waals surface area (Å²) in [6, 6.07) is 13.8. The number of piperazine rings is 1. The second-order valence-electron chi connectivity index (χ2n) is 6.67. The molecule has 0 radical (unpaired) electrons. The Balaban J connectivity index is 1.48. The first-order valence-corrected chi connectivity index (χ1v) is 8.91. The molecule has 0 bridgehead atoms. The Morgan fingerprint density at radius 1 is 0.885 bits per heavy atom. The zero-order valence-corrected chi connectivity index (χ0v) is 15.0. The smallest absolute Gasteiger partial charge is 0.253 e. The van der Waals surface area contributed by atoms with Crippen molar-refractivity contribution in [3.8, 4) is 0 Å². The molecular formula is C21H23FN2O2. The summed E-state index contributed by atoms with van der Waals surface area (Å²) in [4.78, 5) is 28.5. The van der Waals surface area contributed by atoms with E-state index in [9.17, 15) is 14.0 Å². The van der Waals surface area contributed by atoms with Gasteiger partial charge in [0.15, 0.2) is 0 Å². The summed E-state index contributed by atoms with van der Waals surface area (Å²) >= 11 is 0. The highest BCUT2D eigenvalue weighted by atomic mass is 19.1. The summed E-state index contributed by atoms with van der Waals surface area (Å²) in [7, 11) is 0. The molecule has 1 aliphatic heterocycles. The number of aryl methyl sites for hydroxylation is 2. The number of hydrogen-bond acceptors (Lipinski definition) is 2. The molecule has 2 amide bonds. The molecule has 2 aromatic carbocycles. The van der Waals surface area contributed by atoms with Crippen molar-refractivity contribution in [2.75, 3.05) is 26.2 Å². The molecule has 1 heterocycles. The fourth-order valence-corrected chi connectivity index (χ4v) is 3.10. The van der Waals surface area contributed by atoms with Gasteiger partial charge >= 0.3 is 0 Å². The molecule has 1 fully saturated rings. The molecule has 1 aliphatic rings. The Labute approximate surface area is 153 Å². The minimum atomic E-state index is -0.269. The van der Waals surface area contributed by atoms with Crippen LogP contribution in [0.3, 0.4) is 0 Å². The van der Waals surface area contributed by atoms with E-state index in [0.717, 1.165) is 11.1 Å². The van der Waals surface area contributed by atoms with Crippen LogP contribution in [0.15, 0.2) is 48.5 Å². The summed E-state index contributed by atoms with van der Waals surface area (Å²) in [5.41, 5.74) is 2.76. The van der Waals surface area contributed by atoms with E-state index >= 15 is 0 Å². The third-order valence-corrected chi connectivity index (χ3v) is 4.76. The van der Waals surface area contributed by atoms with Gasteiger partial charge in [-0.1, -0.05) is 29.8 Å². The first kappa shape index (κ1) is 18.1. The number of carbonyl (C=O) groups is 2. The normalized spacial score (nSPS) is 14.4. The van der Waals surface area contributed by atoms with Crippen LogP contribution in [0.25, 0.3) is 0 Å². The number of rotatable bonds is 4. The molecule has 4 nitrogen and oxygen atoms in total. The Bertz CT molecular complexity index is 764. The Hall–Kier alpha value is -2.69. The number of hydrogen-bond donors (Lipinski definition) is 0. The molecule has 3 rings (SSSR count). The SMILES string of the molecule is Cc1ccc(C(=O)N2CCN(C(=O)CCc3ccc(F)cc3)CC2)cc1. The van der Waals surface area contributed by atoms with E-state index in [2.05, 4.69) is 0 Å². The van der Waals surface area contributed by atoms with Gasteiger partial charge in [-0.15, -0.1) is 0 Å². The Morgan fingerprint density at radius 3 is 2.08 bits per heavy atom. The summed E-state index contributed by atoms with van der Waals surface area (Å²) in [6.07, 6.45) is 0.999. The Morgan fingerprint density at radius 2 is 1.46 bits per heavy atom. The van der Waals surface area contributed by atoms with Gasteiger partial charge in [-0.05, 0) is 43.2 Å². The molecule has 0 N–H and O–H groups in total. The monoisotopic (exact) mass is 354 g/mol. The lowest BCUT2D eigenvalue weighted by Crippen LogP contribution is -2.50. The molecule has 2 aromatic rings. The predicted molar refractivity (Wildman–Crippen MR) is 98.4 cm³/mol. The standard InChI is InChI=1S/C21H23FN2O2/c1-16-2-7-18(8-3-16)21(26)24-14-12-23(13-15-24)20(25)11-6-17-4-9-19(22)10-5-17/h2-5,7-10H,6,11-15H2,1H3. The number of nitrogens with zero attached hydrogens (tertiary/aromatic N) is 2. The summed E-state index contributed by atoms with van der Waals surface area (Å²) in [5, 5.41) is 0. The first-order chi connectivity index (χ1) is 12.5. The molecule has 0 aliphatic carbocycles. The highest BCUT2D eigenvalue weighted by Gasteiger charge is 2.24. The van der Waals surface area contributed by atoms with E-state index in [-0.39, 0.29) is 17.6 Å². The van der Waals surface area contributed by atoms with E-state index in [0.29, 0.717) is 44.6 Å². The summed E-state index contributed by atoms with van der Waals surface area (Å²) < 4.78 is 12.9. The van der Waals surface area contributed by atoms with E-state index in [1.807, 2.05) is 36.1 Å². The van der Waals surface area contributed by atoms with Gasteiger partial charge in [0.05, 0.1) is 0 Å². The van der Waals surface area contributed by atoms with Crippen LogP contribution in [0.4, 0.5) is 4.39 Å². The van der Waals surface area contributed by atoms with Crippen molar-refractivity contribution >= 4 is 11.8 Å². The molecular weight excluding hydrogens is 331 g/mol.